The number of rotatable bonds is 2. The molecule has 0 bridgehead atoms. The summed E-state index contributed by atoms with van der Waals surface area (Å²) in [6, 6.07) is 3.41. The first kappa shape index (κ1) is 15.4. The number of carbonyl (C=O) groups is 1. The second-order valence-corrected chi connectivity index (χ2v) is 4.86. The van der Waals surface area contributed by atoms with Crippen LogP contribution in [-0.4, -0.2) is 24.9 Å². The summed E-state index contributed by atoms with van der Waals surface area (Å²) in [6.45, 7) is 5.02. The second-order valence-electron chi connectivity index (χ2n) is 4.86. The van der Waals surface area contributed by atoms with Gasteiger partial charge >= 0.3 is 12.1 Å². The molecule has 0 fully saturated rings. The van der Waals surface area contributed by atoms with Gasteiger partial charge in [0.1, 0.15) is 5.75 Å². The minimum atomic E-state index is -4.69. The van der Waals surface area contributed by atoms with Crippen molar-refractivity contribution in [3.8, 4) is 5.75 Å². The molecule has 114 valence electrons. The summed E-state index contributed by atoms with van der Waals surface area (Å²) in [7, 11) is 0. The highest BCUT2D eigenvalue weighted by Crippen LogP contribution is 2.39. The van der Waals surface area contributed by atoms with E-state index in [0.717, 1.165) is 5.56 Å². The third-order valence-corrected chi connectivity index (χ3v) is 3.09. The van der Waals surface area contributed by atoms with Gasteiger partial charge < -0.3 is 9.47 Å². The predicted octanol–water partition coefficient (Wildman–Crippen LogP) is 3.57. The van der Waals surface area contributed by atoms with E-state index < -0.39 is 23.8 Å². The van der Waals surface area contributed by atoms with E-state index in [9.17, 15) is 18.0 Å². The zero-order chi connectivity index (χ0) is 15.8. The Balaban J connectivity index is 2.55. The highest BCUT2D eigenvalue weighted by Gasteiger charge is 2.49. The topological polar surface area (TPSA) is 35.5 Å². The molecule has 0 saturated heterocycles. The molecular weight excluding hydrogens is 285 g/mol. The number of hydrogen-bond acceptors (Lipinski definition) is 3. The van der Waals surface area contributed by atoms with Crippen LogP contribution in [0.2, 0.25) is 0 Å². The summed E-state index contributed by atoms with van der Waals surface area (Å²) in [5, 5.41) is 0. The van der Waals surface area contributed by atoms with Gasteiger partial charge in [-0.2, -0.15) is 13.2 Å². The molecule has 21 heavy (non-hydrogen) atoms. The summed E-state index contributed by atoms with van der Waals surface area (Å²) < 4.78 is 49.1. The quantitative estimate of drug-likeness (QED) is 0.783. The number of ether oxygens (including phenoxy) is 2. The van der Waals surface area contributed by atoms with Crippen molar-refractivity contribution in [2.45, 2.75) is 33.1 Å². The van der Waals surface area contributed by atoms with Crippen LogP contribution in [0.25, 0.3) is 6.08 Å². The van der Waals surface area contributed by atoms with Gasteiger partial charge in [-0.15, -0.1) is 0 Å². The molecule has 0 radical (unpaired) electrons. The van der Waals surface area contributed by atoms with Gasteiger partial charge in [-0.3, -0.25) is 0 Å². The molecule has 0 N–H and O–H groups in total. The van der Waals surface area contributed by atoms with Gasteiger partial charge in [0.2, 0.25) is 6.10 Å². The van der Waals surface area contributed by atoms with Crippen molar-refractivity contribution < 1.29 is 27.4 Å². The molecule has 1 aliphatic heterocycles. The van der Waals surface area contributed by atoms with Crippen LogP contribution in [0.3, 0.4) is 0 Å². The molecule has 0 saturated carbocycles. The van der Waals surface area contributed by atoms with Gasteiger partial charge in [-0.1, -0.05) is 11.6 Å². The Bertz CT molecular complexity index is 603. The highest BCUT2D eigenvalue weighted by atomic mass is 19.4. The SMILES string of the molecule is CCOC(=O)C1=Cc2cc(C)cc(C)c2O[C@H]1C(F)(F)F. The fourth-order valence-corrected chi connectivity index (χ4v) is 2.30. The summed E-state index contributed by atoms with van der Waals surface area (Å²) in [4.78, 5) is 11.8. The minimum absolute atomic E-state index is 0.000449. The van der Waals surface area contributed by atoms with Crippen molar-refractivity contribution in [1.82, 2.24) is 0 Å². The van der Waals surface area contributed by atoms with Crippen LogP contribution in [0, 0.1) is 13.8 Å². The van der Waals surface area contributed by atoms with Crippen LogP contribution in [-0.2, 0) is 9.53 Å². The van der Waals surface area contributed by atoms with Gasteiger partial charge in [-0.25, -0.2) is 4.79 Å². The standard InChI is InChI=1S/C15H15F3O3/c1-4-20-14(19)11-7-10-6-8(2)5-9(3)12(10)21-13(11)15(16,17)18/h5-7,13H,4H2,1-3H3/t13-/m1/s1. The van der Waals surface area contributed by atoms with Crippen molar-refractivity contribution in [1.29, 1.82) is 0 Å². The number of alkyl halides is 3. The van der Waals surface area contributed by atoms with E-state index in [0.29, 0.717) is 11.1 Å². The second kappa shape index (κ2) is 5.42. The molecule has 0 amide bonds. The minimum Gasteiger partial charge on any atom is -0.475 e. The number of aryl methyl sites for hydroxylation is 2. The number of benzene rings is 1. The van der Waals surface area contributed by atoms with Gasteiger partial charge in [-0.05, 0) is 38.5 Å². The van der Waals surface area contributed by atoms with E-state index >= 15 is 0 Å². The van der Waals surface area contributed by atoms with E-state index in [1.54, 1.807) is 19.1 Å². The van der Waals surface area contributed by atoms with Crippen molar-refractivity contribution in [3.05, 3.63) is 34.4 Å². The van der Waals surface area contributed by atoms with E-state index in [4.69, 9.17) is 9.47 Å². The Morgan fingerprint density at radius 2 is 2.00 bits per heavy atom. The number of halogens is 3. The molecule has 0 unspecified atom stereocenters. The van der Waals surface area contributed by atoms with E-state index in [2.05, 4.69) is 0 Å². The molecule has 1 aromatic rings. The van der Waals surface area contributed by atoms with E-state index in [-0.39, 0.29) is 12.4 Å². The van der Waals surface area contributed by atoms with Gasteiger partial charge in [0.05, 0.1) is 12.2 Å². The lowest BCUT2D eigenvalue weighted by atomic mass is 9.97. The Morgan fingerprint density at radius 1 is 1.33 bits per heavy atom. The normalized spacial score (nSPS) is 17.6. The maximum absolute atomic E-state index is 13.1. The molecule has 1 aromatic carbocycles. The monoisotopic (exact) mass is 300 g/mol. The molecule has 3 nitrogen and oxygen atoms in total. The molecule has 0 aromatic heterocycles. The maximum atomic E-state index is 13.1. The lowest BCUT2D eigenvalue weighted by molar-refractivity contribution is -0.188. The van der Waals surface area contributed by atoms with Crippen molar-refractivity contribution in [2.75, 3.05) is 6.61 Å². The summed E-state index contributed by atoms with van der Waals surface area (Å²) in [6.07, 6.45) is -5.78. The average Bonchev–Trinajstić information content (AvgIpc) is 2.36. The number of fused-ring (bicyclic) bond motifs is 1. The fraction of sp³-hybridized carbons (Fsp3) is 0.400. The summed E-state index contributed by atoms with van der Waals surface area (Å²) in [5.74, 6) is -0.861. The number of esters is 1. The average molecular weight is 300 g/mol. The predicted molar refractivity (Wildman–Crippen MR) is 71.0 cm³/mol. The highest BCUT2D eigenvalue weighted by molar-refractivity contribution is 5.96. The Hall–Kier alpha value is -1.98. The summed E-state index contributed by atoms with van der Waals surface area (Å²) in [5.41, 5.74) is 1.40. The van der Waals surface area contributed by atoms with Crippen LogP contribution in [0.15, 0.2) is 17.7 Å². The van der Waals surface area contributed by atoms with E-state index in [1.165, 1.54) is 13.0 Å². The third-order valence-electron chi connectivity index (χ3n) is 3.09. The molecule has 1 aliphatic rings. The number of carbonyl (C=O) groups excluding carboxylic acids is 1. The van der Waals surface area contributed by atoms with Crippen LogP contribution >= 0.6 is 0 Å². The van der Waals surface area contributed by atoms with Gasteiger partial charge in [0, 0.05) is 5.56 Å². The lowest BCUT2D eigenvalue weighted by Gasteiger charge is -2.29. The Morgan fingerprint density at radius 3 is 2.57 bits per heavy atom. The zero-order valence-electron chi connectivity index (χ0n) is 11.9. The van der Waals surface area contributed by atoms with Crippen LogP contribution in [0.4, 0.5) is 13.2 Å². The molecule has 6 heteroatoms. The lowest BCUT2D eigenvalue weighted by Crippen LogP contribution is -2.41. The molecule has 1 atom stereocenters. The first-order valence-electron chi connectivity index (χ1n) is 6.47. The van der Waals surface area contributed by atoms with Gasteiger partial charge in [0.25, 0.3) is 0 Å². The Kier molecular flexibility index (Phi) is 3.98. The first-order chi connectivity index (χ1) is 9.74. The van der Waals surface area contributed by atoms with Crippen molar-refractivity contribution >= 4 is 12.0 Å². The van der Waals surface area contributed by atoms with Crippen LogP contribution in [0.1, 0.15) is 23.6 Å². The number of hydrogen-bond donors (Lipinski definition) is 0. The smallest absolute Gasteiger partial charge is 0.430 e. The van der Waals surface area contributed by atoms with Crippen LogP contribution < -0.4 is 4.74 Å². The molecule has 0 aliphatic carbocycles. The molecule has 2 rings (SSSR count). The largest absolute Gasteiger partial charge is 0.475 e. The van der Waals surface area contributed by atoms with Crippen molar-refractivity contribution in [2.24, 2.45) is 0 Å². The third kappa shape index (κ3) is 3.04. The zero-order valence-corrected chi connectivity index (χ0v) is 11.9. The van der Waals surface area contributed by atoms with Gasteiger partial charge in [0.15, 0.2) is 0 Å². The molecule has 1 heterocycles. The summed E-state index contributed by atoms with van der Waals surface area (Å²) >= 11 is 0. The van der Waals surface area contributed by atoms with E-state index in [1.807, 2.05) is 6.92 Å². The molecular formula is C15H15F3O3. The molecule has 0 spiro atoms. The van der Waals surface area contributed by atoms with Crippen molar-refractivity contribution in [3.63, 3.8) is 0 Å². The fourth-order valence-electron chi connectivity index (χ4n) is 2.30. The Labute approximate surface area is 120 Å². The first-order valence-corrected chi connectivity index (χ1v) is 6.47. The van der Waals surface area contributed by atoms with Crippen LogP contribution in [0.5, 0.6) is 5.75 Å². The maximum Gasteiger partial charge on any atom is 0.430 e.